The van der Waals surface area contributed by atoms with Crippen molar-refractivity contribution < 1.29 is 9.90 Å². The summed E-state index contributed by atoms with van der Waals surface area (Å²) in [6.07, 6.45) is 2.79. The largest absolute Gasteiger partial charge is 0.508 e. The minimum atomic E-state index is -0.275. The number of carbonyl (C=O) groups is 1. The molecule has 2 rings (SSSR count). The molecule has 0 aliphatic rings. The number of anilines is 1. The number of phenolic OH excluding ortho intramolecular Hbond substituents is 1. The molecule has 0 aliphatic carbocycles. The van der Waals surface area contributed by atoms with E-state index in [0.717, 1.165) is 0 Å². The second-order valence-corrected chi connectivity index (χ2v) is 3.71. The SMILES string of the molecule is O=C(Cn1cncn1)Nc1ccc(O)cc1Cl. The van der Waals surface area contributed by atoms with E-state index < -0.39 is 0 Å². The third-order valence-electron chi connectivity index (χ3n) is 2.00. The fourth-order valence-corrected chi connectivity index (χ4v) is 1.48. The first-order valence-electron chi connectivity index (χ1n) is 4.76. The van der Waals surface area contributed by atoms with Crippen LogP contribution in [0.1, 0.15) is 0 Å². The van der Waals surface area contributed by atoms with Gasteiger partial charge in [0.2, 0.25) is 5.91 Å². The van der Waals surface area contributed by atoms with Crippen LogP contribution in [-0.2, 0) is 11.3 Å². The molecule has 7 heteroatoms. The second-order valence-electron chi connectivity index (χ2n) is 3.31. The number of hydrogen-bond acceptors (Lipinski definition) is 4. The van der Waals surface area contributed by atoms with Crippen molar-refractivity contribution in [3.05, 3.63) is 35.9 Å². The standard InChI is InChI=1S/C10H9ClN4O2/c11-8-3-7(16)1-2-9(8)14-10(17)4-15-6-12-5-13-15/h1-3,5-6,16H,4H2,(H,14,17). The van der Waals surface area contributed by atoms with Crippen molar-refractivity contribution in [1.82, 2.24) is 14.8 Å². The number of nitrogens with zero attached hydrogens (tertiary/aromatic N) is 3. The van der Waals surface area contributed by atoms with Crippen LogP contribution in [0, 0.1) is 0 Å². The van der Waals surface area contributed by atoms with Crippen molar-refractivity contribution in [3.8, 4) is 5.75 Å². The van der Waals surface area contributed by atoms with Gasteiger partial charge in [-0.3, -0.25) is 4.79 Å². The Balaban J connectivity index is 2.03. The Hall–Kier alpha value is -2.08. The number of hydrogen-bond donors (Lipinski definition) is 2. The van der Waals surface area contributed by atoms with Gasteiger partial charge >= 0.3 is 0 Å². The molecule has 1 aromatic carbocycles. The lowest BCUT2D eigenvalue weighted by molar-refractivity contribution is -0.116. The van der Waals surface area contributed by atoms with Crippen LogP contribution in [0.15, 0.2) is 30.9 Å². The molecule has 0 saturated carbocycles. The molecular weight excluding hydrogens is 244 g/mol. The van der Waals surface area contributed by atoms with E-state index in [1.165, 1.54) is 35.5 Å². The van der Waals surface area contributed by atoms with Crippen molar-refractivity contribution in [3.63, 3.8) is 0 Å². The van der Waals surface area contributed by atoms with Gasteiger partial charge in [-0.25, -0.2) is 9.67 Å². The quantitative estimate of drug-likeness (QED) is 0.807. The summed E-state index contributed by atoms with van der Waals surface area (Å²) >= 11 is 5.85. The number of phenols is 1. The van der Waals surface area contributed by atoms with Gasteiger partial charge in [-0.15, -0.1) is 0 Å². The van der Waals surface area contributed by atoms with E-state index in [-0.39, 0.29) is 23.2 Å². The van der Waals surface area contributed by atoms with E-state index in [1.807, 2.05) is 0 Å². The van der Waals surface area contributed by atoms with E-state index in [4.69, 9.17) is 16.7 Å². The molecular formula is C10H9ClN4O2. The molecule has 0 saturated heterocycles. The average molecular weight is 253 g/mol. The summed E-state index contributed by atoms with van der Waals surface area (Å²) in [4.78, 5) is 15.3. The molecule has 0 atom stereocenters. The van der Waals surface area contributed by atoms with Gasteiger partial charge in [0, 0.05) is 6.07 Å². The highest BCUT2D eigenvalue weighted by atomic mass is 35.5. The van der Waals surface area contributed by atoms with Crippen molar-refractivity contribution in [2.75, 3.05) is 5.32 Å². The highest BCUT2D eigenvalue weighted by Crippen LogP contribution is 2.25. The van der Waals surface area contributed by atoms with Gasteiger partial charge in [0.25, 0.3) is 0 Å². The second kappa shape index (κ2) is 4.84. The number of halogens is 1. The Morgan fingerprint density at radius 1 is 1.53 bits per heavy atom. The molecule has 2 N–H and O–H groups in total. The van der Waals surface area contributed by atoms with E-state index in [0.29, 0.717) is 5.69 Å². The Morgan fingerprint density at radius 3 is 3.00 bits per heavy atom. The van der Waals surface area contributed by atoms with E-state index >= 15 is 0 Å². The first-order valence-corrected chi connectivity index (χ1v) is 5.14. The van der Waals surface area contributed by atoms with Gasteiger partial charge in [0.1, 0.15) is 24.9 Å². The van der Waals surface area contributed by atoms with Gasteiger partial charge in [0.15, 0.2) is 0 Å². The molecule has 1 amide bonds. The maximum Gasteiger partial charge on any atom is 0.246 e. The lowest BCUT2D eigenvalue weighted by atomic mass is 10.3. The van der Waals surface area contributed by atoms with Gasteiger partial charge in [-0.1, -0.05) is 11.6 Å². The predicted molar refractivity (Wildman–Crippen MR) is 61.8 cm³/mol. The topological polar surface area (TPSA) is 80.0 Å². The molecule has 0 bridgehead atoms. The molecule has 0 unspecified atom stereocenters. The normalized spacial score (nSPS) is 10.2. The summed E-state index contributed by atoms with van der Waals surface area (Å²) in [5.41, 5.74) is 0.439. The van der Waals surface area contributed by atoms with Crippen LogP contribution in [0.3, 0.4) is 0 Å². The molecule has 88 valence electrons. The number of benzene rings is 1. The highest BCUT2D eigenvalue weighted by molar-refractivity contribution is 6.33. The van der Waals surface area contributed by atoms with E-state index in [9.17, 15) is 4.79 Å². The Bertz CT molecular complexity index is 527. The monoisotopic (exact) mass is 252 g/mol. The number of aromatic nitrogens is 3. The third kappa shape index (κ3) is 2.94. The zero-order valence-electron chi connectivity index (χ0n) is 8.67. The number of amides is 1. The van der Waals surface area contributed by atoms with Gasteiger partial charge in [-0.05, 0) is 12.1 Å². The summed E-state index contributed by atoms with van der Waals surface area (Å²) in [5, 5.41) is 15.8. The van der Waals surface area contributed by atoms with Crippen molar-refractivity contribution in [2.45, 2.75) is 6.54 Å². The van der Waals surface area contributed by atoms with E-state index in [1.54, 1.807) is 0 Å². The van der Waals surface area contributed by atoms with Crippen LogP contribution in [0.2, 0.25) is 5.02 Å². The van der Waals surface area contributed by atoms with Gasteiger partial charge < -0.3 is 10.4 Å². The molecule has 1 heterocycles. The first kappa shape index (κ1) is 11.4. The van der Waals surface area contributed by atoms with Crippen molar-refractivity contribution in [1.29, 1.82) is 0 Å². The number of nitrogens with one attached hydrogen (secondary N) is 1. The number of aromatic hydroxyl groups is 1. The Kier molecular flexibility index (Phi) is 3.24. The van der Waals surface area contributed by atoms with Crippen molar-refractivity contribution in [2.24, 2.45) is 0 Å². The molecule has 0 spiro atoms. The molecule has 1 aromatic heterocycles. The van der Waals surface area contributed by atoms with Crippen LogP contribution in [0.25, 0.3) is 0 Å². The van der Waals surface area contributed by atoms with Crippen LogP contribution >= 0.6 is 11.6 Å². The number of carbonyl (C=O) groups excluding carboxylic acids is 1. The number of rotatable bonds is 3. The Labute approximate surface area is 102 Å². The van der Waals surface area contributed by atoms with Crippen LogP contribution in [0.4, 0.5) is 5.69 Å². The lowest BCUT2D eigenvalue weighted by Gasteiger charge is -2.07. The highest BCUT2D eigenvalue weighted by Gasteiger charge is 2.07. The predicted octanol–water partition coefficient (Wildman–Crippen LogP) is 1.28. The average Bonchev–Trinajstić information content (AvgIpc) is 2.75. The Morgan fingerprint density at radius 2 is 2.35 bits per heavy atom. The zero-order chi connectivity index (χ0) is 12.3. The fourth-order valence-electron chi connectivity index (χ4n) is 1.26. The minimum absolute atomic E-state index is 0.0456. The van der Waals surface area contributed by atoms with Crippen LogP contribution in [0.5, 0.6) is 5.75 Å². The summed E-state index contributed by atoms with van der Waals surface area (Å²) in [6, 6.07) is 4.32. The lowest BCUT2D eigenvalue weighted by Crippen LogP contribution is -2.19. The zero-order valence-corrected chi connectivity index (χ0v) is 9.42. The molecule has 6 nitrogen and oxygen atoms in total. The maximum atomic E-state index is 11.6. The third-order valence-corrected chi connectivity index (χ3v) is 2.31. The van der Waals surface area contributed by atoms with Crippen LogP contribution in [-0.4, -0.2) is 25.8 Å². The smallest absolute Gasteiger partial charge is 0.246 e. The molecule has 2 aromatic rings. The van der Waals surface area contributed by atoms with Crippen LogP contribution < -0.4 is 5.32 Å². The summed E-state index contributed by atoms with van der Waals surface area (Å²) in [5.74, 6) is -0.229. The van der Waals surface area contributed by atoms with Gasteiger partial charge in [-0.2, -0.15) is 5.10 Å². The van der Waals surface area contributed by atoms with Crippen molar-refractivity contribution >= 4 is 23.2 Å². The molecule has 17 heavy (non-hydrogen) atoms. The minimum Gasteiger partial charge on any atom is -0.508 e. The molecule has 0 radical (unpaired) electrons. The summed E-state index contributed by atoms with van der Waals surface area (Å²) < 4.78 is 1.39. The fraction of sp³-hybridized carbons (Fsp3) is 0.100. The van der Waals surface area contributed by atoms with E-state index in [2.05, 4.69) is 15.4 Å². The first-order chi connectivity index (χ1) is 8.15. The summed E-state index contributed by atoms with van der Waals surface area (Å²) in [7, 11) is 0. The molecule has 0 fully saturated rings. The summed E-state index contributed by atoms with van der Waals surface area (Å²) in [6.45, 7) is 0.0528. The van der Waals surface area contributed by atoms with Gasteiger partial charge in [0.05, 0.1) is 10.7 Å². The maximum absolute atomic E-state index is 11.6. The molecule has 0 aliphatic heterocycles.